The molecule has 0 aromatic carbocycles. The third kappa shape index (κ3) is 1.29. The molecular weight excluding hydrogens is 170 g/mol. The smallest absolute Gasteiger partial charge is 0.256 e. The molecule has 0 saturated carbocycles. The summed E-state index contributed by atoms with van der Waals surface area (Å²) in [6.45, 7) is 0. The quantitative estimate of drug-likeness (QED) is 0.203. The predicted molar refractivity (Wildman–Crippen MR) is 28.5 cm³/mol. The van der Waals surface area contributed by atoms with E-state index in [0.717, 1.165) is 0 Å². The van der Waals surface area contributed by atoms with Gasteiger partial charge in [-0.25, -0.2) is 0 Å². The fourth-order valence-corrected chi connectivity index (χ4v) is 0.359. The topological polar surface area (TPSA) is 86.3 Å². The van der Waals surface area contributed by atoms with Gasteiger partial charge >= 0.3 is 5.92 Å². The summed E-state index contributed by atoms with van der Waals surface area (Å²) in [7, 11) is 0. The molecule has 0 rings (SSSR count). The van der Waals surface area contributed by atoms with E-state index in [2.05, 4.69) is 11.6 Å². The molecular formula is C2H2ClFN2O4. The van der Waals surface area contributed by atoms with E-state index in [1.165, 1.54) is 0 Å². The van der Waals surface area contributed by atoms with Crippen LogP contribution in [0.3, 0.4) is 0 Å². The van der Waals surface area contributed by atoms with Crippen molar-refractivity contribution in [3.63, 3.8) is 0 Å². The molecule has 0 aromatic heterocycles. The van der Waals surface area contributed by atoms with Crippen LogP contribution in [-0.2, 0) is 0 Å². The first-order valence-corrected chi connectivity index (χ1v) is 2.52. The molecule has 0 aliphatic rings. The largest absolute Gasteiger partial charge is 0.627 e. The van der Waals surface area contributed by atoms with Crippen LogP contribution in [-0.4, -0.2) is 21.6 Å². The molecule has 8 heteroatoms. The molecule has 58 valence electrons. The summed E-state index contributed by atoms with van der Waals surface area (Å²) in [5.41, 5.74) is 0. The first kappa shape index (κ1) is 9.02. The molecule has 0 amide bonds. The first-order valence-electron chi connectivity index (χ1n) is 1.99. The van der Waals surface area contributed by atoms with Gasteiger partial charge in [0.25, 0.3) is 0 Å². The lowest BCUT2D eigenvalue weighted by Crippen LogP contribution is -2.43. The van der Waals surface area contributed by atoms with Gasteiger partial charge in [-0.2, -0.15) is 0 Å². The van der Waals surface area contributed by atoms with Gasteiger partial charge in [-0.3, -0.25) is 20.2 Å². The molecule has 0 heterocycles. The van der Waals surface area contributed by atoms with E-state index in [-0.39, 0.29) is 0 Å². The Morgan fingerprint density at radius 1 is 1.40 bits per heavy atom. The van der Waals surface area contributed by atoms with Gasteiger partial charge in [0.15, 0.2) is 0 Å². The van der Waals surface area contributed by atoms with E-state index in [4.69, 9.17) is 0 Å². The monoisotopic (exact) mass is 172 g/mol. The Bertz CT molecular complexity index is 159. The van der Waals surface area contributed by atoms with Crippen molar-refractivity contribution in [2.75, 3.05) is 5.88 Å². The number of hydrogen-bond donors (Lipinski definition) is 0. The highest BCUT2D eigenvalue weighted by Crippen LogP contribution is 2.13. The maximum Gasteiger partial charge on any atom is 0.627 e. The average molecular weight is 172 g/mol. The Labute approximate surface area is 58.9 Å². The van der Waals surface area contributed by atoms with Gasteiger partial charge in [0.05, 0.1) is 0 Å². The van der Waals surface area contributed by atoms with Crippen LogP contribution in [0.15, 0.2) is 0 Å². The summed E-state index contributed by atoms with van der Waals surface area (Å²) in [4.78, 5) is 15.8. The third-order valence-electron chi connectivity index (χ3n) is 0.730. The minimum atomic E-state index is -3.75. The molecule has 0 fully saturated rings. The van der Waals surface area contributed by atoms with Gasteiger partial charge < -0.3 is 0 Å². The van der Waals surface area contributed by atoms with Gasteiger partial charge in [-0.05, 0) is 0 Å². The van der Waals surface area contributed by atoms with Crippen molar-refractivity contribution in [2.24, 2.45) is 0 Å². The molecule has 0 aliphatic carbocycles. The van der Waals surface area contributed by atoms with E-state index in [1.54, 1.807) is 0 Å². The number of alkyl halides is 2. The Morgan fingerprint density at radius 2 is 1.70 bits per heavy atom. The zero-order valence-corrected chi connectivity index (χ0v) is 5.25. The summed E-state index contributed by atoms with van der Waals surface area (Å²) in [6, 6.07) is 0. The number of rotatable bonds is 3. The van der Waals surface area contributed by atoms with E-state index in [1.807, 2.05) is 0 Å². The van der Waals surface area contributed by atoms with Crippen LogP contribution in [0.5, 0.6) is 0 Å². The molecule has 0 aliphatic heterocycles. The van der Waals surface area contributed by atoms with Crippen LogP contribution in [0.4, 0.5) is 4.39 Å². The van der Waals surface area contributed by atoms with Crippen molar-refractivity contribution >= 4 is 11.6 Å². The SMILES string of the molecule is O=[N+]([O-])C(F)(CCl)[N+](=O)[O-]. The Morgan fingerprint density at radius 3 is 1.70 bits per heavy atom. The van der Waals surface area contributed by atoms with Crippen LogP contribution in [0.1, 0.15) is 0 Å². The normalized spacial score (nSPS) is 11.0. The standard InChI is InChI=1S/C2H2ClFN2O4/c3-1-2(4,5(7)8)6(9)10/h1H2. The van der Waals surface area contributed by atoms with E-state index in [0.29, 0.717) is 0 Å². The zero-order valence-electron chi connectivity index (χ0n) is 4.49. The van der Waals surface area contributed by atoms with E-state index < -0.39 is 21.6 Å². The predicted octanol–water partition coefficient (Wildman–Crippen LogP) is 0.402. The van der Waals surface area contributed by atoms with Crippen molar-refractivity contribution in [2.45, 2.75) is 5.92 Å². The molecule has 10 heavy (non-hydrogen) atoms. The van der Waals surface area contributed by atoms with Crippen molar-refractivity contribution in [1.29, 1.82) is 0 Å². The molecule has 0 spiro atoms. The fraction of sp³-hybridized carbons (Fsp3) is 1.00. The molecule has 0 bridgehead atoms. The molecule has 0 N–H and O–H groups in total. The summed E-state index contributed by atoms with van der Waals surface area (Å²) >= 11 is 4.64. The lowest BCUT2D eigenvalue weighted by molar-refractivity contribution is -0.824. The lowest BCUT2D eigenvalue weighted by atomic mass is 10.6. The van der Waals surface area contributed by atoms with Crippen molar-refractivity contribution in [3.05, 3.63) is 20.2 Å². The maximum absolute atomic E-state index is 12.2. The molecule has 0 radical (unpaired) electrons. The summed E-state index contributed by atoms with van der Waals surface area (Å²) in [5.74, 6) is -5.05. The van der Waals surface area contributed by atoms with Crippen molar-refractivity contribution in [1.82, 2.24) is 0 Å². The molecule has 0 saturated heterocycles. The Hall–Kier alpha value is -0.980. The van der Waals surface area contributed by atoms with Crippen molar-refractivity contribution in [3.8, 4) is 0 Å². The second kappa shape index (κ2) is 2.74. The molecule has 0 aromatic rings. The Kier molecular flexibility index (Phi) is 2.47. The van der Waals surface area contributed by atoms with Gasteiger partial charge in [0.1, 0.15) is 9.85 Å². The van der Waals surface area contributed by atoms with Crippen LogP contribution in [0.25, 0.3) is 0 Å². The highest BCUT2D eigenvalue weighted by atomic mass is 35.5. The first-order chi connectivity index (χ1) is 4.45. The fourth-order valence-electron chi connectivity index (χ4n) is 0.164. The zero-order chi connectivity index (χ0) is 8.36. The van der Waals surface area contributed by atoms with Gasteiger partial charge in [-0.1, -0.05) is 4.39 Å². The third-order valence-corrected chi connectivity index (χ3v) is 1.07. The molecule has 0 atom stereocenters. The summed E-state index contributed by atoms with van der Waals surface area (Å²) < 4.78 is 12.2. The Balaban J connectivity index is 4.55. The van der Waals surface area contributed by atoms with E-state index in [9.17, 15) is 24.6 Å². The van der Waals surface area contributed by atoms with Gasteiger partial charge in [-0.15, -0.1) is 11.6 Å². The number of nitro groups is 2. The number of halogens is 2. The van der Waals surface area contributed by atoms with Crippen LogP contribution < -0.4 is 0 Å². The summed E-state index contributed by atoms with van der Waals surface area (Å²) in [5, 5.41) is 19.2. The minimum Gasteiger partial charge on any atom is -0.256 e. The number of nitrogens with zero attached hydrogens (tertiary/aromatic N) is 2. The lowest BCUT2D eigenvalue weighted by Gasteiger charge is -2.02. The molecule has 6 nitrogen and oxygen atoms in total. The molecule has 0 unspecified atom stereocenters. The van der Waals surface area contributed by atoms with Crippen molar-refractivity contribution < 1.29 is 14.2 Å². The van der Waals surface area contributed by atoms with Crippen LogP contribution in [0.2, 0.25) is 0 Å². The number of hydrogen-bond acceptors (Lipinski definition) is 4. The minimum absolute atomic E-state index is 1.30. The summed E-state index contributed by atoms with van der Waals surface area (Å²) in [6.07, 6.45) is 0. The highest BCUT2D eigenvalue weighted by molar-refractivity contribution is 6.18. The van der Waals surface area contributed by atoms with Gasteiger partial charge in [0.2, 0.25) is 5.88 Å². The maximum atomic E-state index is 12.2. The average Bonchev–Trinajstić information content (AvgIpc) is 1.85. The second-order valence-corrected chi connectivity index (χ2v) is 1.63. The van der Waals surface area contributed by atoms with Crippen LogP contribution >= 0.6 is 11.6 Å². The highest BCUT2D eigenvalue weighted by Gasteiger charge is 2.57. The second-order valence-electron chi connectivity index (χ2n) is 1.37. The van der Waals surface area contributed by atoms with Gasteiger partial charge in [0, 0.05) is 0 Å². The van der Waals surface area contributed by atoms with Crippen LogP contribution in [0, 0.1) is 20.2 Å². The van der Waals surface area contributed by atoms with E-state index >= 15 is 0 Å².